The minimum Gasteiger partial charge on any atom is -0.397 e. The number of benzene rings is 1. The van der Waals surface area contributed by atoms with Crippen molar-refractivity contribution in [2.24, 2.45) is 5.92 Å². The van der Waals surface area contributed by atoms with Gasteiger partial charge in [-0.2, -0.15) is 0 Å². The highest BCUT2D eigenvalue weighted by atomic mass is 32.2. The van der Waals surface area contributed by atoms with Crippen LogP contribution in [0.4, 0.5) is 5.69 Å². The Balaban J connectivity index is 3.01. The van der Waals surface area contributed by atoms with Crippen LogP contribution < -0.4 is 10.5 Å². The standard InChI is InChI=1S/C15H26N2O3S/c1-10(2)8-15(5,18)9-17-21(19,20)14-12(4)7-6-11(3)13(14)16/h6-7,10,17-18H,8-9,16H2,1-5H3. The summed E-state index contributed by atoms with van der Waals surface area (Å²) in [6.45, 7) is 9.01. The molecule has 0 spiro atoms. The molecular weight excluding hydrogens is 288 g/mol. The Hall–Kier alpha value is -1.11. The summed E-state index contributed by atoms with van der Waals surface area (Å²) in [5.74, 6) is 0.273. The second-order valence-electron chi connectivity index (χ2n) is 6.36. The Labute approximate surface area is 127 Å². The molecule has 0 amide bonds. The highest BCUT2D eigenvalue weighted by molar-refractivity contribution is 7.89. The number of nitrogens with one attached hydrogen (secondary N) is 1. The number of sulfonamides is 1. The Morgan fingerprint density at radius 2 is 1.81 bits per heavy atom. The molecule has 5 nitrogen and oxygen atoms in total. The van der Waals surface area contributed by atoms with Crippen LogP contribution in [0, 0.1) is 19.8 Å². The first-order chi connectivity index (χ1) is 9.46. The van der Waals surface area contributed by atoms with Crippen molar-refractivity contribution in [2.75, 3.05) is 12.3 Å². The summed E-state index contributed by atoms with van der Waals surface area (Å²) >= 11 is 0. The van der Waals surface area contributed by atoms with Gasteiger partial charge in [0.05, 0.1) is 11.3 Å². The van der Waals surface area contributed by atoms with Crippen LogP contribution in [0.25, 0.3) is 0 Å². The van der Waals surface area contributed by atoms with Crippen LogP contribution >= 0.6 is 0 Å². The quantitative estimate of drug-likeness (QED) is 0.700. The first-order valence-electron chi connectivity index (χ1n) is 7.04. The van der Waals surface area contributed by atoms with Crippen molar-refractivity contribution in [3.8, 4) is 0 Å². The minimum absolute atomic E-state index is 0.0413. The van der Waals surface area contributed by atoms with Crippen molar-refractivity contribution < 1.29 is 13.5 Å². The molecule has 0 saturated carbocycles. The molecule has 1 unspecified atom stereocenters. The number of rotatable bonds is 6. The number of nitrogen functional groups attached to an aromatic ring is 1. The Bertz CT molecular complexity index is 608. The van der Waals surface area contributed by atoms with Crippen LogP contribution in [-0.2, 0) is 10.0 Å². The van der Waals surface area contributed by atoms with E-state index in [-0.39, 0.29) is 23.0 Å². The topological polar surface area (TPSA) is 92.4 Å². The van der Waals surface area contributed by atoms with E-state index in [1.54, 1.807) is 32.9 Å². The molecular formula is C15H26N2O3S. The van der Waals surface area contributed by atoms with Crippen LogP contribution in [0.2, 0.25) is 0 Å². The van der Waals surface area contributed by atoms with Crippen molar-refractivity contribution in [1.82, 2.24) is 4.72 Å². The fraction of sp³-hybridized carbons (Fsp3) is 0.600. The molecule has 0 aliphatic heterocycles. The molecule has 0 aliphatic rings. The van der Waals surface area contributed by atoms with E-state index in [1.165, 1.54) is 0 Å². The van der Waals surface area contributed by atoms with Gasteiger partial charge in [0.1, 0.15) is 4.90 Å². The van der Waals surface area contributed by atoms with E-state index in [0.717, 1.165) is 5.56 Å². The Kier molecular flexibility index (Phi) is 5.41. The molecule has 4 N–H and O–H groups in total. The van der Waals surface area contributed by atoms with E-state index in [2.05, 4.69) is 4.72 Å². The third kappa shape index (κ3) is 4.69. The largest absolute Gasteiger partial charge is 0.397 e. The molecule has 0 fully saturated rings. The van der Waals surface area contributed by atoms with Gasteiger partial charge in [0.15, 0.2) is 0 Å². The Morgan fingerprint density at radius 3 is 2.33 bits per heavy atom. The number of hydrogen-bond donors (Lipinski definition) is 3. The smallest absolute Gasteiger partial charge is 0.242 e. The molecule has 1 rings (SSSR count). The third-order valence-electron chi connectivity index (χ3n) is 3.37. The lowest BCUT2D eigenvalue weighted by Gasteiger charge is -2.26. The van der Waals surface area contributed by atoms with Crippen LogP contribution in [0.15, 0.2) is 17.0 Å². The zero-order chi connectivity index (χ0) is 16.4. The first kappa shape index (κ1) is 17.9. The molecule has 0 saturated heterocycles. The van der Waals surface area contributed by atoms with Gasteiger partial charge in [-0.05, 0) is 44.2 Å². The number of aryl methyl sites for hydroxylation is 2. The molecule has 1 aromatic rings. The molecule has 0 bridgehead atoms. The van der Waals surface area contributed by atoms with Gasteiger partial charge in [-0.3, -0.25) is 0 Å². The van der Waals surface area contributed by atoms with E-state index in [4.69, 9.17) is 5.73 Å². The van der Waals surface area contributed by atoms with Gasteiger partial charge in [-0.15, -0.1) is 0 Å². The zero-order valence-corrected chi connectivity index (χ0v) is 14.2. The van der Waals surface area contributed by atoms with Gasteiger partial charge in [0, 0.05) is 6.54 Å². The predicted octanol–water partition coefficient (Wildman–Crippen LogP) is 1.96. The van der Waals surface area contributed by atoms with Crippen molar-refractivity contribution in [3.63, 3.8) is 0 Å². The van der Waals surface area contributed by atoms with Crippen LogP contribution in [0.3, 0.4) is 0 Å². The van der Waals surface area contributed by atoms with Gasteiger partial charge in [-0.25, -0.2) is 13.1 Å². The fourth-order valence-electron chi connectivity index (χ4n) is 2.44. The lowest BCUT2D eigenvalue weighted by Crippen LogP contribution is -2.41. The second-order valence-corrected chi connectivity index (χ2v) is 8.07. The highest BCUT2D eigenvalue weighted by Crippen LogP contribution is 2.26. The normalized spacial score (nSPS) is 15.2. The third-order valence-corrected chi connectivity index (χ3v) is 4.97. The molecule has 21 heavy (non-hydrogen) atoms. The summed E-state index contributed by atoms with van der Waals surface area (Å²) < 4.78 is 27.4. The van der Waals surface area contributed by atoms with E-state index in [0.29, 0.717) is 12.0 Å². The molecule has 0 heterocycles. The first-order valence-corrected chi connectivity index (χ1v) is 8.52. The molecule has 0 aromatic heterocycles. The maximum atomic E-state index is 12.5. The maximum Gasteiger partial charge on any atom is 0.242 e. The van der Waals surface area contributed by atoms with Gasteiger partial charge < -0.3 is 10.8 Å². The zero-order valence-electron chi connectivity index (χ0n) is 13.4. The summed E-state index contributed by atoms with van der Waals surface area (Å²) in [5.41, 5.74) is 6.38. The van der Waals surface area contributed by atoms with Crippen molar-refractivity contribution in [3.05, 3.63) is 23.3 Å². The highest BCUT2D eigenvalue weighted by Gasteiger charge is 2.27. The minimum atomic E-state index is -3.75. The maximum absolute atomic E-state index is 12.5. The van der Waals surface area contributed by atoms with Crippen molar-refractivity contribution >= 4 is 15.7 Å². The fourth-order valence-corrected chi connectivity index (χ4v) is 4.03. The van der Waals surface area contributed by atoms with Crippen molar-refractivity contribution in [2.45, 2.75) is 51.5 Å². The number of aliphatic hydroxyl groups is 1. The summed E-state index contributed by atoms with van der Waals surface area (Å²) in [7, 11) is -3.75. The molecule has 0 radical (unpaired) electrons. The van der Waals surface area contributed by atoms with E-state index < -0.39 is 15.6 Å². The predicted molar refractivity (Wildman–Crippen MR) is 85.6 cm³/mol. The van der Waals surface area contributed by atoms with E-state index in [9.17, 15) is 13.5 Å². The van der Waals surface area contributed by atoms with Crippen LogP contribution in [0.1, 0.15) is 38.3 Å². The SMILES string of the molecule is Cc1ccc(C)c(S(=O)(=O)NCC(C)(O)CC(C)C)c1N. The average molecular weight is 314 g/mol. The Morgan fingerprint density at radius 1 is 1.29 bits per heavy atom. The van der Waals surface area contributed by atoms with Gasteiger partial charge in [-0.1, -0.05) is 26.0 Å². The molecule has 1 atom stereocenters. The number of nitrogens with two attached hydrogens (primary N) is 1. The number of hydrogen-bond acceptors (Lipinski definition) is 4. The summed E-state index contributed by atoms with van der Waals surface area (Å²) in [5, 5.41) is 10.2. The lowest BCUT2D eigenvalue weighted by molar-refractivity contribution is 0.0437. The molecule has 6 heteroatoms. The average Bonchev–Trinajstić information content (AvgIpc) is 2.30. The monoisotopic (exact) mass is 314 g/mol. The van der Waals surface area contributed by atoms with Crippen molar-refractivity contribution in [1.29, 1.82) is 0 Å². The summed E-state index contributed by atoms with van der Waals surface area (Å²) in [6, 6.07) is 3.52. The molecule has 1 aromatic carbocycles. The summed E-state index contributed by atoms with van der Waals surface area (Å²) in [4.78, 5) is 0.0999. The van der Waals surface area contributed by atoms with E-state index >= 15 is 0 Å². The second kappa shape index (κ2) is 6.34. The molecule has 120 valence electrons. The lowest BCUT2D eigenvalue weighted by atomic mass is 9.95. The van der Waals surface area contributed by atoms with Gasteiger partial charge in [0.2, 0.25) is 10.0 Å². The molecule has 0 aliphatic carbocycles. The van der Waals surface area contributed by atoms with Crippen LogP contribution in [-0.4, -0.2) is 25.7 Å². The van der Waals surface area contributed by atoms with Gasteiger partial charge in [0.25, 0.3) is 0 Å². The van der Waals surface area contributed by atoms with Crippen LogP contribution in [0.5, 0.6) is 0 Å². The van der Waals surface area contributed by atoms with E-state index in [1.807, 2.05) is 13.8 Å². The number of anilines is 1. The van der Waals surface area contributed by atoms with Gasteiger partial charge >= 0.3 is 0 Å². The summed E-state index contributed by atoms with van der Waals surface area (Å²) in [6.07, 6.45) is 0.512.